The van der Waals surface area contributed by atoms with Crippen molar-refractivity contribution in [2.45, 2.75) is 12.8 Å². The van der Waals surface area contributed by atoms with Crippen LogP contribution in [0.5, 0.6) is 0 Å². The van der Waals surface area contributed by atoms with E-state index in [0.29, 0.717) is 12.5 Å². The molecule has 0 bridgehead atoms. The average molecular weight is 166 g/mol. The van der Waals surface area contributed by atoms with Crippen LogP contribution in [0.3, 0.4) is 0 Å². The molecule has 1 N–H and O–H groups in total. The molecule has 66 valence electrons. The monoisotopic (exact) mass is 166 g/mol. The van der Waals surface area contributed by atoms with Gasteiger partial charge in [-0.1, -0.05) is 6.08 Å². The summed E-state index contributed by atoms with van der Waals surface area (Å²) in [6.07, 6.45) is 6.14. The van der Waals surface area contributed by atoms with E-state index >= 15 is 0 Å². The highest BCUT2D eigenvalue weighted by molar-refractivity contribution is 5.84. The highest BCUT2D eigenvalue weighted by Gasteiger charge is 2.28. The molecule has 0 amide bonds. The normalized spacial score (nSPS) is 23.8. The number of rotatable bonds is 1. The largest absolute Gasteiger partial charge is 0.396 e. The first kappa shape index (κ1) is 7.80. The number of aliphatic imine (C=N–C) groups is 1. The van der Waals surface area contributed by atoms with E-state index in [2.05, 4.69) is 16.0 Å². The Labute approximate surface area is 72.4 Å². The standard InChI is InChI=1S/C9H14N2O/c12-7-8-5-11(6-8)9-3-1-2-4-10-9/h2,4,8,12H,1,3,5-7H2. The summed E-state index contributed by atoms with van der Waals surface area (Å²) < 4.78 is 0. The van der Waals surface area contributed by atoms with E-state index in [4.69, 9.17) is 5.11 Å². The van der Waals surface area contributed by atoms with Crippen molar-refractivity contribution in [1.82, 2.24) is 4.90 Å². The summed E-state index contributed by atoms with van der Waals surface area (Å²) in [5.74, 6) is 1.68. The Morgan fingerprint density at radius 1 is 1.58 bits per heavy atom. The Morgan fingerprint density at radius 3 is 3.00 bits per heavy atom. The topological polar surface area (TPSA) is 35.8 Å². The maximum Gasteiger partial charge on any atom is 0.104 e. The SMILES string of the molecule is OCC1CN(C2=NC=CCC2)C1. The van der Waals surface area contributed by atoms with Crippen molar-refractivity contribution in [1.29, 1.82) is 0 Å². The molecule has 0 radical (unpaired) electrons. The van der Waals surface area contributed by atoms with Crippen LogP contribution < -0.4 is 0 Å². The highest BCUT2D eigenvalue weighted by Crippen LogP contribution is 2.18. The first-order valence-electron chi connectivity index (χ1n) is 4.47. The number of hydrogen-bond donors (Lipinski definition) is 1. The van der Waals surface area contributed by atoms with E-state index in [-0.39, 0.29) is 0 Å². The van der Waals surface area contributed by atoms with Gasteiger partial charge in [0.05, 0.1) is 0 Å². The van der Waals surface area contributed by atoms with E-state index in [1.807, 2.05) is 6.20 Å². The van der Waals surface area contributed by atoms with Gasteiger partial charge in [0, 0.05) is 38.2 Å². The minimum absolute atomic E-state index is 0.319. The van der Waals surface area contributed by atoms with Gasteiger partial charge in [-0.2, -0.15) is 0 Å². The molecule has 1 fully saturated rings. The first-order chi connectivity index (χ1) is 5.90. The van der Waals surface area contributed by atoms with Gasteiger partial charge in [-0.15, -0.1) is 0 Å². The van der Waals surface area contributed by atoms with Crippen LogP contribution >= 0.6 is 0 Å². The summed E-state index contributed by atoms with van der Waals surface area (Å²) in [4.78, 5) is 6.55. The second-order valence-corrected chi connectivity index (χ2v) is 3.42. The second kappa shape index (κ2) is 3.27. The van der Waals surface area contributed by atoms with Crippen molar-refractivity contribution >= 4 is 5.84 Å². The minimum atomic E-state index is 0.319. The molecule has 2 rings (SSSR count). The van der Waals surface area contributed by atoms with E-state index in [1.54, 1.807) is 0 Å². The Morgan fingerprint density at radius 2 is 2.42 bits per heavy atom. The number of aliphatic hydroxyl groups excluding tert-OH is 1. The molecule has 0 saturated carbocycles. The third-order valence-corrected chi connectivity index (χ3v) is 2.44. The van der Waals surface area contributed by atoms with Gasteiger partial charge in [0.25, 0.3) is 0 Å². The molecule has 2 aliphatic heterocycles. The Hall–Kier alpha value is -0.830. The smallest absolute Gasteiger partial charge is 0.104 e. The summed E-state index contributed by atoms with van der Waals surface area (Å²) >= 11 is 0. The molecule has 0 atom stereocenters. The molecule has 0 aromatic rings. The zero-order chi connectivity index (χ0) is 8.39. The maximum atomic E-state index is 8.82. The fourth-order valence-corrected chi connectivity index (χ4v) is 1.63. The number of allylic oxidation sites excluding steroid dienone is 1. The molecule has 0 aromatic heterocycles. The lowest BCUT2D eigenvalue weighted by molar-refractivity contribution is 0.106. The number of aliphatic hydroxyl groups is 1. The van der Waals surface area contributed by atoms with Gasteiger partial charge < -0.3 is 10.0 Å². The zero-order valence-electron chi connectivity index (χ0n) is 7.11. The predicted octanol–water partition coefficient (Wildman–Crippen LogP) is 0.616. The summed E-state index contributed by atoms with van der Waals surface area (Å²) in [7, 11) is 0. The molecular formula is C9H14N2O. The van der Waals surface area contributed by atoms with Gasteiger partial charge in [-0.05, 0) is 6.42 Å². The second-order valence-electron chi connectivity index (χ2n) is 3.42. The third-order valence-electron chi connectivity index (χ3n) is 2.44. The van der Waals surface area contributed by atoms with E-state index in [1.165, 1.54) is 5.84 Å². The Bertz CT molecular complexity index is 217. The lowest BCUT2D eigenvalue weighted by Gasteiger charge is -2.40. The van der Waals surface area contributed by atoms with Gasteiger partial charge in [0.1, 0.15) is 5.84 Å². The van der Waals surface area contributed by atoms with Crippen molar-refractivity contribution in [3.8, 4) is 0 Å². The minimum Gasteiger partial charge on any atom is -0.396 e. The van der Waals surface area contributed by atoms with E-state index in [0.717, 1.165) is 25.9 Å². The van der Waals surface area contributed by atoms with Crippen LogP contribution in [0.4, 0.5) is 0 Å². The summed E-state index contributed by atoms with van der Waals surface area (Å²) in [5.41, 5.74) is 0. The fourth-order valence-electron chi connectivity index (χ4n) is 1.63. The van der Waals surface area contributed by atoms with Crippen LogP contribution in [-0.2, 0) is 0 Å². The molecular weight excluding hydrogens is 152 g/mol. The van der Waals surface area contributed by atoms with Gasteiger partial charge in [-0.25, -0.2) is 4.99 Å². The molecule has 0 unspecified atom stereocenters. The molecule has 3 heteroatoms. The first-order valence-corrected chi connectivity index (χ1v) is 4.47. The van der Waals surface area contributed by atoms with Crippen molar-refractivity contribution in [3.63, 3.8) is 0 Å². The van der Waals surface area contributed by atoms with Crippen molar-refractivity contribution < 1.29 is 5.11 Å². The molecule has 0 aromatic carbocycles. The number of nitrogens with zero attached hydrogens (tertiary/aromatic N) is 2. The van der Waals surface area contributed by atoms with Gasteiger partial charge in [0.2, 0.25) is 0 Å². The molecule has 3 nitrogen and oxygen atoms in total. The third kappa shape index (κ3) is 1.37. The molecule has 2 aliphatic rings. The fraction of sp³-hybridized carbons (Fsp3) is 0.667. The van der Waals surface area contributed by atoms with Crippen LogP contribution in [-0.4, -0.2) is 35.5 Å². The van der Waals surface area contributed by atoms with Gasteiger partial charge in [-0.3, -0.25) is 0 Å². The summed E-state index contributed by atoms with van der Waals surface area (Å²) in [5, 5.41) is 8.82. The molecule has 2 heterocycles. The van der Waals surface area contributed by atoms with Crippen LogP contribution in [0.2, 0.25) is 0 Å². The van der Waals surface area contributed by atoms with Gasteiger partial charge in [0.15, 0.2) is 0 Å². The van der Waals surface area contributed by atoms with E-state index in [9.17, 15) is 0 Å². The number of hydrogen-bond acceptors (Lipinski definition) is 3. The molecule has 0 aliphatic carbocycles. The van der Waals surface area contributed by atoms with Crippen LogP contribution in [0, 0.1) is 5.92 Å². The predicted molar refractivity (Wildman–Crippen MR) is 48.0 cm³/mol. The zero-order valence-corrected chi connectivity index (χ0v) is 7.11. The van der Waals surface area contributed by atoms with Crippen molar-refractivity contribution in [3.05, 3.63) is 12.3 Å². The van der Waals surface area contributed by atoms with Crippen molar-refractivity contribution in [2.24, 2.45) is 10.9 Å². The van der Waals surface area contributed by atoms with Gasteiger partial charge >= 0.3 is 0 Å². The quantitative estimate of drug-likeness (QED) is 0.619. The summed E-state index contributed by atoms with van der Waals surface area (Å²) in [6, 6.07) is 0. The molecule has 1 saturated heterocycles. The highest BCUT2D eigenvalue weighted by atomic mass is 16.3. The molecule has 0 spiro atoms. The summed E-state index contributed by atoms with van der Waals surface area (Å²) in [6.45, 7) is 2.30. The number of likely N-dealkylation sites (tertiary alicyclic amines) is 1. The Kier molecular flexibility index (Phi) is 2.13. The maximum absolute atomic E-state index is 8.82. The van der Waals surface area contributed by atoms with Crippen LogP contribution in [0.25, 0.3) is 0 Å². The lowest BCUT2D eigenvalue weighted by Crippen LogP contribution is -2.51. The Balaban J connectivity index is 1.87. The van der Waals surface area contributed by atoms with Crippen LogP contribution in [0.15, 0.2) is 17.3 Å². The number of amidine groups is 1. The average Bonchev–Trinajstić information content (AvgIpc) is 2.04. The van der Waals surface area contributed by atoms with Crippen LogP contribution in [0.1, 0.15) is 12.8 Å². The lowest BCUT2D eigenvalue weighted by atomic mass is 10.00. The molecule has 12 heavy (non-hydrogen) atoms. The van der Waals surface area contributed by atoms with Crippen molar-refractivity contribution in [2.75, 3.05) is 19.7 Å². The van der Waals surface area contributed by atoms with E-state index < -0.39 is 0 Å².